The van der Waals surface area contributed by atoms with Crippen LogP contribution >= 0.6 is 11.6 Å². The third kappa shape index (κ3) is 2.71. The molecule has 0 spiro atoms. The molecule has 1 aromatic carbocycles. The van der Waals surface area contributed by atoms with E-state index in [-0.39, 0.29) is 0 Å². The van der Waals surface area contributed by atoms with E-state index < -0.39 is 0 Å². The molecule has 2 rings (SSSR count). The lowest BCUT2D eigenvalue weighted by atomic mass is 10.3. The zero-order valence-electron chi connectivity index (χ0n) is 10.4. The number of aromatic nitrogens is 2. The molecule has 0 radical (unpaired) electrons. The van der Waals surface area contributed by atoms with Crippen LogP contribution in [0, 0.1) is 13.8 Å². The second kappa shape index (κ2) is 5.23. The Morgan fingerprint density at radius 1 is 1.11 bits per heavy atom. The molecule has 1 heterocycles. The Hall–Kier alpha value is -1.81. The van der Waals surface area contributed by atoms with Crippen LogP contribution in [0.5, 0.6) is 17.4 Å². The van der Waals surface area contributed by atoms with Crippen molar-refractivity contribution in [2.24, 2.45) is 0 Å². The Morgan fingerprint density at radius 3 is 2.56 bits per heavy atom. The monoisotopic (exact) mass is 264 g/mol. The van der Waals surface area contributed by atoms with Crippen molar-refractivity contribution in [3.8, 4) is 17.4 Å². The molecule has 4 nitrogen and oxygen atoms in total. The first-order valence-electron chi connectivity index (χ1n) is 5.43. The van der Waals surface area contributed by atoms with Crippen LogP contribution < -0.4 is 9.47 Å². The molecule has 0 aliphatic rings. The van der Waals surface area contributed by atoms with E-state index in [2.05, 4.69) is 9.97 Å². The summed E-state index contributed by atoms with van der Waals surface area (Å²) in [4.78, 5) is 8.28. The van der Waals surface area contributed by atoms with Gasteiger partial charge in [0.15, 0.2) is 0 Å². The molecule has 0 unspecified atom stereocenters. The summed E-state index contributed by atoms with van der Waals surface area (Å²) in [7, 11) is 1.61. The normalized spacial score (nSPS) is 10.2. The van der Waals surface area contributed by atoms with E-state index >= 15 is 0 Å². The molecular formula is C13H13ClN2O2. The van der Waals surface area contributed by atoms with Gasteiger partial charge in [0.1, 0.15) is 22.5 Å². The molecule has 0 aliphatic carbocycles. The van der Waals surface area contributed by atoms with Gasteiger partial charge < -0.3 is 9.47 Å². The highest BCUT2D eigenvalue weighted by Gasteiger charge is 2.09. The van der Waals surface area contributed by atoms with E-state index in [9.17, 15) is 0 Å². The van der Waals surface area contributed by atoms with E-state index in [1.165, 1.54) is 0 Å². The third-order valence-electron chi connectivity index (χ3n) is 2.41. The molecular weight excluding hydrogens is 252 g/mol. The van der Waals surface area contributed by atoms with Crippen LogP contribution in [-0.4, -0.2) is 17.1 Å². The summed E-state index contributed by atoms with van der Waals surface area (Å²) in [6.07, 6.45) is 0. The van der Waals surface area contributed by atoms with Gasteiger partial charge in [0.05, 0.1) is 7.11 Å². The van der Waals surface area contributed by atoms with Crippen LogP contribution in [0.4, 0.5) is 0 Å². The molecule has 0 saturated heterocycles. The van der Waals surface area contributed by atoms with Gasteiger partial charge in [-0.05, 0) is 26.0 Å². The maximum Gasteiger partial charge on any atom is 0.226 e. The van der Waals surface area contributed by atoms with Crippen molar-refractivity contribution in [3.63, 3.8) is 0 Å². The van der Waals surface area contributed by atoms with E-state index in [1.54, 1.807) is 20.1 Å². The van der Waals surface area contributed by atoms with Gasteiger partial charge in [0, 0.05) is 11.6 Å². The summed E-state index contributed by atoms with van der Waals surface area (Å²) < 4.78 is 10.8. The van der Waals surface area contributed by atoms with E-state index in [1.807, 2.05) is 25.1 Å². The number of hydrogen-bond acceptors (Lipinski definition) is 4. The second-order valence-electron chi connectivity index (χ2n) is 3.77. The minimum absolute atomic E-state index is 0.403. The van der Waals surface area contributed by atoms with Crippen LogP contribution in [0.15, 0.2) is 24.3 Å². The molecule has 0 aliphatic heterocycles. The summed E-state index contributed by atoms with van der Waals surface area (Å²) in [5.41, 5.74) is 0.713. The van der Waals surface area contributed by atoms with Crippen molar-refractivity contribution >= 4 is 11.6 Å². The van der Waals surface area contributed by atoms with Crippen LogP contribution in [0.25, 0.3) is 0 Å². The number of halogens is 1. The minimum atomic E-state index is 0.403. The van der Waals surface area contributed by atoms with Gasteiger partial charge in [0.2, 0.25) is 5.88 Å². The number of methoxy groups -OCH3 is 1. The first-order valence-corrected chi connectivity index (χ1v) is 5.80. The average molecular weight is 265 g/mol. The highest BCUT2D eigenvalue weighted by atomic mass is 35.5. The molecule has 18 heavy (non-hydrogen) atoms. The largest absolute Gasteiger partial charge is 0.497 e. The van der Waals surface area contributed by atoms with Crippen molar-refractivity contribution in [2.75, 3.05) is 7.11 Å². The fraction of sp³-hybridized carbons (Fsp3) is 0.231. The van der Waals surface area contributed by atoms with Crippen molar-refractivity contribution < 1.29 is 9.47 Å². The predicted molar refractivity (Wildman–Crippen MR) is 69.6 cm³/mol. The van der Waals surface area contributed by atoms with Crippen molar-refractivity contribution in [3.05, 3.63) is 40.8 Å². The second-order valence-corrected chi connectivity index (χ2v) is 4.13. The molecule has 2 aromatic rings. The standard InChI is InChI=1S/C13H13ClN2O2/c1-8-12(14)15-9(2)16-13(8)18-11-6-4-5-10(7-11)17-3/h4-7H,1-3H3. The van der Waals surface area contributed by atoms with Gasteiger partial charge >= 0.3 is 0 Å². The summed E-state index contributed by atoms with van der Waals surface area (Å²) in [6, 6.07) is 7.30. The smallest absolute Gasteiger partial charge is 0.226 e. The molecule has 94 valence electrons. The quantitative estimate of drug-likeness (QED) is 0.796. The Balaban J connectivity index is 2.33. The summed E-state index contributed by atoms with van der Waals surface area (Å²) >= 11 is 5.99. The van der Waals surface area contributed by atoms with Crippen LogP contribution in [0.2, 0.25) is 5.15 Å². The number of aryl methyl sites for hydroxylation is 1. The summed E-state index contributed by atoms with van der Waals surface area (Å²) in [6.45, 7) is 3.58. The van der Waals surface area contributed by atoms with Crippen LogP contribution in [0.3, 0.4) is 0 Å². The molecule has 0 bridgehead atoms. The highest BCUT2D eigenvalue weighted by molar-refractivity contribution is 6.30. The van der Waals surface area contributed by atoms with Crippen molar-refractivity contribution in [1.29, 1.82) is 0 Å². The van der Waals surface area contributed by atoms with Gasteiger partial charge in [-0.2, -0.15) is 4.98 Å². The number of hydrogen-bond donors (Lipinski definition) is 0. The lowest BCUT2D eigenvalue weighted by Gasteiger charge is -2.10. The summed E-state index contributed by atoms with van der Waals surface area (Å²) in [5.74, 6) is 2.40. The predicted octanol–water partition coefficient (Wildman–Crippen LogP) is 3.55. The van der Waals surface area contributed by atoms with Gasteiger partial charge in [-0.15, -0.1) is 0 Å². The fourth-order valence-corrected chi connectivity index (χ4v) is 1.65. The van der Waals surface area contributed by atoms with Gasteiger partial charge in [0.25, 0.3) is 0 Å². The molecule has 0 amide bonds. The van der Waals surface area contributed by atoms with E-state index in [0.29, 0.717) is 28.2 Å². The Bertz CT molecular complexity index is 573. The SMILES string of the molecule is COc1cccc(Oc2nc(C)nc(Cl)c2C)c1. The van der Waals surface area contributed by atoms with E-state index in [0.717, 1.165) is 5.75 Å². The van der Waals surface area contributed by atoms with Crippen LogP contribution in [0.1, 0.15) is 11.4 Å². The molecule has 0 saturated carbocycles. The Kier molecular flexibility index (Phi) is 3.67. The van der Waals surface area contributed by atoms with Crippen LogP contribution in [-0.2, 0) is 0 Å². The molecule has 5 heteroatoms. The van der Waals surface area contributed by atoms with Crippen molar-refractivity contribution in [1.82, 2.24) is 9.97 Å². The lowest BCUT2D eigenvalue weighted by Crippen LogP contribution is -1.97. The van der Waals surface area contributed by atoms with Crippen molar-refractivity contribution in [2.45, 2.75) is 13.8 Å². The number of benzene rings is 1. The average Bonchev–Trinajstić information content (AvgIpc) is 2.35. The third-order valence-corrected chi connectivity index (χ3v) is 2.78. The van der Waals surface area contributed by atoms with Gasteiger partial charge in [-0.3, -0.25) is 0 Å². The first kappa shape index (κ1) is 12.6. The first-order chi connectivity index (χ1) is 8.60. The maximum atomic E-state index is 5.99. The van der Waals surface area contributed by atoms with Gasteiger partial charge in [-0.25, -0.2) is 4.98 Å². The minimum Gasteiger partial charge on any atom is -0.497 e. The number of nitrogens with zero attached hydrogens (tertiary/aromatic N) is 2. The molecule has 0 N–H and O–H groups in total. The molecule has 0 fully saturated rings. The number of ether oxygens (including phenoxy) is 2. The lowest BCUT2D eigenvalue weighted by molar-refractivity contribution is 0.406. The summed E-state index contributed by atoms with van der Waals surface area (Å²) in [5, 5.41) is 0.403. The number of rotatable bonds is 3. The fourth-order valence-electron chi connectivity index (χ4n) is 1.45. The Labute approximate surface area is 111 Å². The zero-order valence-corrected chi connectivity index (χ0v) is 11.2. The highest BCUT2D eigenvalue weighted by Crippen LogP contribution is 2.28. The molecule has 0 atom stereocenters. The zero-order chi connectivity index (χ0) is 13.1. The van der Waals surface area contributed by atoms with Gasteiger partial charge in [-0.1, -0.05) is 17.7 Å². The maximum absolute atomic E-state index is 5.99. The molecule has 1 aromatic heterocycles. The topological polar surface area (TPSA) is 44.2 Å². The Morgan fingerprint density at radius 2 is 1.83 bits per heavy atom. The van der Waals surface area contributed by atoms with E-state index in [4.69, 9.17) is 21.1 Å².